The van der Waals surface area contributed by atoms with Crippen molar-refractivity contribution in [2.45, 2.75) is 31.0 Å². The summed E-state index contributed by atoms with van der Waals surface area (Å²) in [7, 11) is -1.42. The predicted octanol–water partition coefficient (Wildman–Crippen LogP) is 2.82. The fraction of sp³-hybridized carbons (Fsp3) is 0.235. The minimum absolute atomic E-state index is 0.247. The van der Waals surface area contributed by atoms with Gasteiger partial charge >= 0.3 is 5.97 Å². The third-order valence-electron chi connectivity index (χ3n) is 3.47. The highest BCUT2D eigenvalue weighted by Crippen LogP contribution is 2.25. The number of benzene rings is 1. The third-order valence-corrected chi connectivity index (χ3v) is 4.73. The molecule has 2 atom stereocenters. The number of imidazole rings is 1. The summed E-state index contributed by atoms with van der Waals surface area (Å²) in [6.07, 6.45) is 1.06. The predicted molar refractivity (Wildman–Crippen MR) is 90.6 cm³/mol. The number of nitrogens with zero attached hydrogens (tertiary/aromatic N) is 3. The van der Waals surface area contributed by atoms with Gasteiger partial charge in [0, 0.05) is 13.1 Å². The molecule has 2 aromatic heterocycles. The second-order valence-corrected chi connectivity index (χ2v) is 6.62. The highest BCUT2D eigenvalue weighted by atomic mass is 32.2. The first-order valence-electron chi connectivity index (χ1n) is 7.48. The van der Waals surface area contributed by atoms with Crippen LogP contribution in [0.25, 0.3) is 11.0 Å². The van der Waals surface area contributed by atoms with Crippen LogP contribution in [0.5, 0.6) is 0 Å². The molecule has 0 saturated carbocycles. The Morgan fingerprint density at radius 2 is 2.00 bits per heavy atom. The molecule has 0 aliphatic carbocycles. The highest BCUT2D eigenvalue weighted by molar-refractivity contribution is 7.84. The summed E-state index contributed by atoms with van der Waals surface area (Å²) in [6.45, 7) is 3.08. The molecule has 3 aromatic rings. The van der Waals surface area contributed by atoms with Gasteiger partial charge in [-0.2, -0.15) is 0 Å². The van der Waals surface area contributed by atoms with E-state index in [1.54, 1.807) is 17.7 Å². The number of carbonyl (C=O) groups excluding carboxylic acids is 1. The van der Waals surface area contributed by atoms with Gasteiger partial charge in [0.1, 0.15) is 0 Å². The number of para-hydroxylation sites is 2. The van der Waals surface area contributed by atoms with Crippen LogP contribution < -0.4 is 0 Å². The molecule has 1 aromatic carbocycles. The number of pyridine rings is 1. The Balaban J connectivity index is 2.03. The molecule has 124 valence electrons. The van der Waals surface area contributed by atoms with Crippen LogP contribution in [-0.4, -0.2) is 24.7 Å². The number of esters is 1. The van der Waals surface area contributed by atoms with Gasteiger partial charge < -0.3 is 4.74 Å². The summed E-state index contributed by atoms with van der Waals surface area (Å²) < 4.78 is 19.8. The van der Waals surface area contributed by atoms with E-state index in [1.165, 1.54) is 6.92 Å². The van der Waals surface area contributed by atoms with Crippen molar-refractivity contribution in [2.24, 2.45) is 0 Å². The van der Waals surface area contributed by atoms with Crippen molar-refractivity contribution in [1.82, 2.24) is 14.5 Å². The van der Waals surface area contributed by atoms with Crippen LogP contribution in [-0.2, 0) is 26.1 Å². The van der Waals surface area contributed by atoms with Crippen molar-refractivity contribution >= 4 is 27.8 Å². The zero-order chi connectivity index (χ0) is 17.1. The molecule has 7 heteroatoms. The molecule has 0 N–H and O–H groups in total. The first-order chi connectivity index (χ1) is 11.6. The molecule has 0 fully saturated rings. The first kappa shape index (κ1) is 16.3. The maximum Gasteiger partial charge on any atom is 0.304 e. The summed E-state index contributed by atoms with van der Waals surface area (Å²) in [5.41, 5.74) is 2.20. The maximum absolute atomic E-state index is 12.8. The van der Waals surface area contributed by atoms with E-state index in [2.05, 4.69) is 9.97 Å². The van der Waals surface area contributed by atoms with Crippen LogP contribution in [0, 0.1) is 0 Å². The Morgan fingerprint density at radius 3 is 2.71 bits per heavy atom. The first-order valence-corrected chi connectivity index (χ1v) is 8.80. The maximum atomic E-state index is 12.8. The van der Waals surface area contributed by atoms with Crippen molar-refractivity contribution in [1.29, 1.82) is 0 Å². The monoisotopic (exact) mass is 343 g/mol. The zero-order valence-corrected chi connectivity index (χ0v) is 14.2. The number of ether oxygens (including phenoxy) is 1. The largest absolute Gasteiger partial charge is 0.442 e. The summed E-state index contributed by atoms with van der Waals surface area (Å²) in [5.74, 6) is -0.154. The SMILES string of the molecule is CC(=O)OC(C)n1c(S(=O)Cc2ccccn2)nc2ccccc21. The number of fused-ring (bicyclic) bond motifs is 1. The Morgan fingerprint density at radius 1 is 1.25 bits per heavy atom. The molecule has 0 aliphatic rings. The molecule has 0 spiro atoms. The van der Waals surface area contributed by atoms with Crippen molar-refractivity contribution < 1.29 is 13.7 Å². The standard InChI is InChI=1S/C17H17N3O3S/c1-12(23-13(2)21)20-16-9-4-3-8-15(16)19-17(20)24(22)11-14-7-5-6-10-18-14/h3-10,12H,11H2,1-2H3. The summed E-state index contributed by atoms with van der Waals surface area (Å²) in [6, 6.07) is 12.9. The molecule has 24 heavy (non-hydrogen) atoms. The molecule has 0 aliphatic heterocycles. The fourth-order valence-corrected chi connectivity index (χ4v) is 3.74. The Kier molecular flexibility index (Phi) is 4.71. The van der Waals surface area contributed by atoms with Crippen molar-refractivity contribution in [3.05, 3.63) is 54.4 Å². The zero-order valence-electron chi connectivity index (χ0n) is 13.4. The van der Waals surface area contributed by atoms with Crippen LogP contribution in [0.15, 0.2) is 53.8 Å². The van der Waals surface area contributed by atoms with E-state index in [-0.39, 0.29) is 5.75 Å². The van der Waals surface area contributed by atoms with Gasteiger partial charge in [0.2, 0.25) is 5.16 Å². The topological polar surface area (TPSA) is 74.1 Å². The molecule has 0 radical (unpaired) electrons. The quantitative estimate of drug-likeness (QED) is 0.666. The molecular weight excluding hydrogens is 326 g/mol. The van der Waals surface area contributed by atoms with E-state index in [1.807, 2.05) is 42.5 Å². The van der Waals surface area contributed by atoms with Gasteiger partial charge in [-0.25, -0.2) is 4.98 Å². The van der Waals surface area contributed by atoms with Gasteiger partial charge in [-0.1, -0.05) is 18.2 Å². The lowest BCUT2D eigenvalue weighted by Crippen LogP contribution is -2.16. The Bertz CT molecular complexity index is 892. The van der Waals surface area contributed by atoms with Gasteiger partial charge in [-0.15, -0.1) is 0 Å². The van der Waals surface area contributed by atoms with Crippen molar-refractivity contribution in [3.8, 4) is 0 Å². The smallest absolute Gasteiger partial charge is 0.304 e. The minimum atomic E-state index is -1.42. The summed E-state index contributed by atoms with van der Waals surface area (Å²) >= 11 is 0. The van der Waals surface area contributed by atoms with E-state index in [0.717, 1.165) is 11.2 Å². The third kappa shape index (κ3) is 3.35. The number of carbonyl (C=O) groups is 1. The summed E-state index contributed by atoms with van der Waals surface area (Å²) in [4.78, 5) is 20.0. The number of hydrogen-bond donors (Lipinski definition) is 0. The lowest BCUT2D eigenvalue weighted by atomic mass is 10.3. The lowest BCUT2D eigenvalue weighted by molar-refractivity contribution is -0.149. The second-order valence-electron chi connectivity index (χ2n) is 5.27. The van der Waals surface area contributed by atoms with Gasteiger partial charge in [-0.05, 0) is 31.2 Å². The molecule has 2 unspecified atom stereocenters. The van der Waals surface area contributed by atoms with Crippen LogP contribution in [0.2, 0.25) is 0 Å². The molecule has 3 rings (SSSR count). The summed E-state index contributed by atoms with van der Waals surface area (Å²) in [5, 5.41) is 0.371. The number of rotatable bonds is 5. The van der Waals surface area contributed by atoms with Crippen LogP contribution in [0.1, 0.15) is 25.8 Å². The van der Waals surface area contributed by atoms with Gasteiger partial charge in [-0.3, -0.25) is 18.6 Å². The molecular formula is C17H17N3O3S. The van der Waals surface area contributed by atoms with Crippen LogP contribution in [0.3, 0.4) is 0 Å². The normalized spacial score (nSPS) is 13.6. The molecule has 2 heterocycles. The number of aromatic nitrogens is 3. The average molecular weight is 343 g/mol. The van der Waals surface area contributed by atoms with Crippen LogP contribution in [0.4, 0.5) is 0 Å². The van der Waals surface area contributed by atoms with Crippen LogP contribution >= 0.6 is 0 Å². The van der Waals surface area contributed by atoms with Gasteiger partial charge in [0.05, 0.1) is 33.3 Å². The lowest BCUT2D eigenvalue weighted by Gasteiger charge is -2.17. The Hall–Kier alpha value is -2.54. The van der Waals surface area contributed by atoms with E-state index in [9.17, 15) is 9.00 Å². The number of hydrogen-bond acceptors (Lipinski definition) is 5. The average Bonchev–Trinajstić information content (AvgIpc) is 2.95. The van der Waals surface area contributed by atoms with Gasteiger partial charge in [0.25, 0.3) is 0 Å². The molecule has 0 amide bonds. The minimum Gasteiger partial charge on any atom is -0.442 e. The van der Waals surface area contributed by atoms with E-state index in [0.29, 0.717) is 10.7 Å². The van der Waals surface area contributed by atoms with E-state index in [4.69, 9.17) is 4.74 Å². The van der Waals surface area contributed by atoms with Gasteiger partial charge in [0.15, 0.2) is 6.23 Å². The molecule has 6 nitrogen and oxygen atoms in total. The molecule has 0 saturated heterocycles. The fourth-order valence-electron chi connectivity index (χ4n) is 2.51. The second kappa shape index (κ2) is 6.92. The van der Waals surface area contributed by atoms with Crippen molar-refractivity contribution in [2.75, 3.05) is 0 Å². The highest BCUT2D eigenvalue weighted by Gasteiger charge is 2.22. The van der Waals surface area contributed by atoms with E-state index < -0.39 is 23.0 Å². The van der Waals surface area contributed by atoms with E-state index >= 15 is 0 Å². The Labute approximate surface area is 142 Å². The van der Waals surface area contributed by atoms with Crippen molar-refractivity contribution in [3.63, 3.8) is 0 Å². The molecule has 0 bridgehead atoms.